The van der Waals surface area contributed by atoms with Crippen LogP contribution in [0.5, 0.6) is 0 Å². The molecule has 0 radical (unpaired) electrons. The van der Waals surface area contributed by atoms with Gasteiger partial charge in [0.1, 0.15) is 6.16 Å². The fourth-order valence-corrected chi connectivity index (χ4v) is 3.20. The summed E-state index contributed by atoms with van der Waals surface area (Å²) >= 11 is 0. The van der Waals surface area contributed by atoms with Crippen molar-refractivity contribution in [2.45, 2.75) is 0 Å². The van der Waals surface area contributed by atoms with Gasteiger partial charge in [-0.3, -0.25) is 14.3 Å². The fraction of sp³-hybridized carbons (Fsp3) is 0.0500. The van der Waals surface area contributed by atoms with Crippen molar-refractivity contribution in [1.82, 2.24) is 0 Å². The first-order chi connectivity index (χ1) is 12.4. The number of nitrogens with zero attached hydrogens (tertiary/aromatic N) is 1. The molecular formula is C20H18NO4P. The molecule has 1 amide bonds. The van der Waals surface area contributed by atoms with Crippen LogP contribution >= 0.6 is 7.60 Å². The molecule has 26 heavy (non-hydrogen) atoms. The summed E-state index contributed by atoms with van der Waals surface area (Å²) in [5, 5.41) is 1.76. The molecule has 2 N–H and O–H groups in total. The van der Waals surface area contributed by atoms with E-state index in [1.807, 2.05) is 66.7 Å². The highest BCUT2D eigenvalue weighted by Crippen LogP contribution is 2.36. The summed E-state index contributed by atoms with van der Waals surface area (Å²) < 4.78 is 11.3. The minimum Gasteiger partial charge on any atom is -0.324 e. The Hall–Kier alpha value is -2.72. The van der Waals surface area contributed by atoms with Gasteiger partial charge in [-0.05, 0) is 23.1 Å². The first kappa shape index (κ1) is 18.1. The highest BCUT2D eigenvalue weighted by Gasteiger charge is 2.24. The molecule has 0 unspecified atom stereocenters. The van der Waals surface area contributed by atoms with Crippen molar-refractivity contribution in [1.29, 1.82) is 0 Å². The molecule has 0 aromatic heterocycles. The molecule has 0 aliphatic heterocycles. The van der Waals surface area contributed by atoms with Crippen LogP contribution in [0.25, 0.3) is 16.8 Å². The van der Waals surface area contributed by atoms with E-state index in [-0.39, 0.29) is 0 Å². The third-order valence-corrected chi connectivity index (χ3v) is 4.53. The van der Waals surface area contributed by atoms with Gasteiger partial charge in [-0.2, -0.15) is 0 Å². The minimum absolute atomic E-state index is 0.578. The summed E-state index contributed by atoms with van der Waals surface area (Å²) in [6, 6.07) is 22.4. The Balaban J connectivity index is 2.06. The van der Waals surface area contributed by atoms with Gasteiger partial charge in [-0.1, -0.05) is 66.7 Å². The lowest BCUT2D eigenvalue weighted by Crippen LogP contribution is -2.28. The number of anilines is 1. The molecule has 3 aromatic carbocycles. The van der Waals surface area contributed by atoms with E-state index in [2.05, 4.69) is 0 Å². The molecule has 3 aromatic rings. The maximum atomic E-state index is 12.6. The van der Waals surface area contributed by atoms with Gasteiger partial charge in [0, 0.05) is 11.6 Å². The summed E-state index contributed by atoms with van der Waals surface area (Å²) in [4.78, 5) is 32.4. The average molecular weight is 367 g/mol. The van der Waals surface area contributed by atoms with Gasteiger partial charge in [0.25, 0.3) is 0 Å². The largest absolute Gasteiger partial charge is 0.334 e. The second kappa shape index (κ2) is 7.67. The zero-order valence-electron chi connectivity index (χ0n) is 13.9. The van der Waals surface area contributed by atoms with E-state index in [4.69, 9.17) is 0 Å². The van der Waals surface area contributed by atoms with Crippen LogP contribution in [0.1, 0.15) is 5.56 Å². The van der Waals surface area contributed by atoms with Crippen LogP contribution in [0.15, 0.2) is 79.0 Å². The Bertz CT molecular complexity index is 990. The third-order valence-electron chi connectivity index (χ3n) is 3.85. The number of hydrogen-bond acceptors (Lipinski definition) is 2. The topological polar surface area (TPSA) is 77.8 Å². The second-order valence-corrected chi connectivity index (χ2v) is 7.46. The summed E-state index contributed by atoms with van der Waals surface area (Å²) in [5.41, 5.74) is 1.45. The van der Waals surface area contributed by atoms with Crippen LogP contribution in [0.4, 0.5) is 5.69 Å². The molecule has 132 valence electrons. The fourth-order valence-electron chi connectivity index (χ4n) is 2.69. The summed E-state index contributed by atoms with van der Waals surface area (Å²) in [6.45, 7) is 0. The predicted octanol–water partition coefficient (Wildman–Crippen LogP) is 4.02. The van der Waals surface area contributed by atoms with Crippen LogP contribution in [0.2, 0.25) is 0 Å². The van der Waals surface area contributed by atoms with Crippen molar-refractivity contribution in [3.8, 4) is 0 Å². The smallest absolute Gasteiger partial charge is 0.324 e. The molecule has 0 fully saturated rings. The quantitative estimate of drug-likeness (QED) is 0.668. The molecule has 0 heterocycles. The Kier molecular flexibility index (Phi) is 5.33. The highest BCUT2D eigenvalue weighted by atomic mass is 31.2. The summed E-state index contributed by atoms with van der Waals surface area (Å²) in [6.07, 6.45) is 2.43. The molecular weight excluding hydrogens is 349 g/mol. The molecule has 0 spiro atoms. The normalized spacial score (nSPS) is 11.8. The van der Waals surface area contributed by atoms with Crippen LogP contribution in [0, 0.1) is 0 Å². The average Bonchev–Trinajstić information content (AvgIpc) is 2.61. The second-order valence-electron chi connectivity index (χ2n) is 5.81. The van der Waals surface area contributed by atoms with E-state index >= 15 is 0 Å². The van der Waals surface area contributed by atoms with Gasteiger partial charge in [-0.15, -0.1) is 0 Å². The van der Waals surface area contributed by atoms with Crippen LogP contribution in [-0.4, -0.2) is 21.9 Å². The molecule has 0 saturated heterocycles. The van der Waals surface area contributed by atoms with Crippen molar-refractivity contribution < 1.29 is 19.1 Å². The van der Waals surface area contributed by atoms with Crippen molar-refractivity contribution in [2.24, 2.45) is 0 Å². The Morgan fingerprint density at radius 1 is 0.923 bits per heavy atom. The summed E-state index contributed by atoms with van der Waals surface area (Å²) in [7, 11) is -4.48. The lowest BCUT2D eigenvalue weighted by Gasteiger charge is -2.21. The van der Waals surface area contributed by atoms with E-state index in [9.17, 15) is 19.1 Å². The lowest BCUT2D eigenvalue weighted by atomic mass is 10.1. The maximum absolute atomic E-state index is 12.6. The molecule has 6 heteroatoms. The van der Waals surface area contributed by atoms with Crippen molar-refractivity contribution in [3.63, 3.8) is 0 Å². The Labute approximate surface area is 151 Å². The monoisotopic (exact) mass is 367 g/mol. The number of fused-ring (bicyclic) bond motifs is 1. The van der Waals surface area contributed by atoms with E-state index in [0.717, 1.165) is 16.3 Å². The molecule has 0 aliphatic rings. The van der Waals surface area contributed by atoms with E-state index in [1.165, 1.54) is 4.90 Å². The van der Waals surface area contributed by atoms with Crippen molar-refractivity contribution in [2.75, 3.05) is 11.1 Å². The van der Waals surface area contributed by atoms with E-state index in [1.54, 1.807) is 18.3 Å². The highest BCUT2D eigenvalue weighted by molar-refractivity contribution is 7.52. The van der Waals surface area contributed by atoms with E-state index < -0.39 is 19.7 Å². The van der Waals surface area contributed by atoms with Crippen LogP contribution < -0.4 is 4.90 Å². The van der Waals surface area contributed by atoms with Gasteiger partial charge in [0.15, 0.2) is 0 Å². The Morgan fingerprint density at radius 3 is 2.31 bits per heavy atom. The third kappa shape index (κ3) is 4.46. The number of hydrogen-bond donors (Lipinski definition) is 2. The molecule has 3 rings (SSSR count). The van der Waals surface area contributed by atoms with Crippen LogP contribution in [0.3, 0.4) is 0 Å². The number of rotatable bonds is 5. The number of carbonyl (C=O) groups excluding carboxylic acids is 1. The lowest BCUT2D eigenvalue weighted by molar-refractivity contribution is -0.115. The maximum Gasteiger partial charge on any atom is 0.334 e. The first-order valence-electron chi connectivity index (χ1n) is 8.02. The predicted molar refractivity (Wildman–Crippen MR) is 104 cm³/mol. The van der Waals surface area contributed by atoms with E-state index in [0.29, 0.717) is 5.69 Å². The zero-order chi connectivity index (χ0) is 18.6. The van der Waals surface area contributed by atoms with Gasteiger partial charge in [-0.25, -0.2) is 0 Å². The van der Waals surface area contributed by atoms with Crippen LogP contribution in [-0.2, 0) is 9.36 Å². The molecule has 5 nitrogen and oxygen atoms in total. The van der Waals surface area contributed by atoms with Crippen molar-refractivity contribution >= 4 is 36.0 Å². The number of amides is 1. The molecule has 0 bridgehead atoms. The Morgan fingerprint density at radius 2 is 1.58 bits per heavy atom. The minimum atomic E-state index is -4.48. The molecule has 0 saturated carbocycles. The summed E-state index contributed by atoms with van der Waals surface area (Å²) in [5.74, 6) is -0.665. The molecule has 0 atom stereocenters. The van der Waals surface area contributed by atoms with Gasteiger partial charge < -0.3 is 9.79 Å². The van der Waals surface area contributed by atoms with Gasteiger partial charge >= 0.3 is 7.60 Å². The SMILES string of the molecule is O=C(CP(=O)(O)O)N(C=Cc1ccccc1)c1cccc2ccccc12. The first-order valence-corrected chi connectivity index (χ1v) is 9.81. The molecule has 0 aliphatic carbocycles. The van der Waals surface area contributed by atoms with Gasteiger partial charge in [0.05, 0.1) is 5.69 Å². The number of benzene rings is 3. The van der Waals surface area contributed by atoms with Crippen molar-refractivity contribution in [3.05, 3.63) is 84.6 Å². The number of carbonyl (C=O) groups is 1. The van der Waals surface area contributed by atoms with Gasteiger partial charge in [0.2, 0.25) is 5.91 Å². The zero-order valence-corrected chi connectivity index (χ0v) is 14.8. The standard InChI is InChI=1S/C20H18NO4P/c22-20(15-26(23,24)25)21(14-13-16-7-2-1-3-8-16)19-12-6-10-17-9-4-5-11-18(17)19/h1-14H,15H2,(H2,23,24,25).